The van der Waals surface area contributed by atoms with E-state index in [4.69, 9.17) is 23.2 Å². The van der Waals surface area contributed by atoms with Gasteiger partial charge in [-0.15, -0.1) is 0 Å². The first kappa shape index (κ1) is 14.8. The Kier molecular flexibility index (Phi) is 3.63. The van der Waals surface area contributed by atoms with Gasteiger partial charge in [-0.2, -0.15) is 0 Å². The second-order valence-electron chi connectivity index (χ2n) is 7.37. The zero-order valence-electron chi connectivity index (χ0n) is 12.4. The van der Waals surface area contributed by atoms with Crippen molar-refractivity contribution in [3.63, 3.8) is 0 Å². The van der Waals surface area contributed by atoms with Crippen LogP contribution in [-0.2, 0) is 0 Å². The molecule has 2 N–H and O–H groups in total. The van der Waals surface area contributed by atoms with E-state index in [1.54, 1.807) is 18.2 Å². The quantitative estimate of drug-likeness (QED) is 0.811. The highest BCUT2D eigenvalue weighted by molar-refractivity contribution is 6.39. The van der Waals surface area contributed by atoms with Gasteiger partial charge in [-0.25, -0.2) is 5.43 Å². The fourth-order valence-electron chi connectivity index (χ4n) is 5.23. The van der Waals surface area contributed by atoms with Gasteiger partial charge in [0.05, 0.1) is 15.6 Å². The van der Waals surface area contributed by atoms with Gasteiger partial charge in [0, 0.05) is 5.54 Å². The number of hydrogen-bond donors (Lipinski definition) is 2. The molecule has 5 heteroatoms. The molecule has 0 aliphatic heterocycles. The molecule has 4 aliphatic rings. The third-order valence-electron chi connectivity index (χ3n) is 5.67. The Morgan fingerprint density at radius 1 is 1.00 bits per heavy atom. The maximum absolute atomic E-state index is 12.4. The van der Waals surface area contributed by atoms with E-state index >= 15 is 0 Å². The highest BCUT2D eigenvalue weighted by atomic mass is 35.5. The fraction of sp³-hybridized carbons (Fsp3) is 0.588. The van der Waals surface area contributed by atoms with Crippen LogP contribution in [0.1, 0.15) is 48.9 Å². The molecule has 0 spiro atoms. The number of carbonyl (C=O) groups is 1. The van der Waals surface area contributed by atoms with E-state index in [2.05, 4.69) is 10.9 Å². The number of benzene rings is 1. The highest BCUT2D eigenvalue weighted by Gasteiger charge is 2.51. The molecule has 4 saturated carbocycles. The number of halogens is 2. The van der Waals surface area contributed by atoms with E-state index in [1.807, 2.05) is 0 Å². The summed E-state index contributed by atoms with van der Waals surface area (Å²) in [5.74, 6) is 2.25. The minimum atomic E-state index is -0.244. The van der Waals surface area contributed by atoms with Crippen LogP contribution in [0.2, 0.25) is 10.0 Å². The standard InChI is InChI=1S/C17H20Cl2N2O/c18-13-2-1-3-14(19)15(13)16(22)20-21-17-7-10-4-11(8-17)6-12(5-10)9-17/h1-3,10-12,21H,4-9H2,(H,20,22). The van der Waals surface area contributed by atoms with E-state index in [-0.39, 0.29) is 11.4 Å². The summed E-state index contributed by atoms with van der Waals surface area (Å²) in [6, 6.07) is 5.12. The van der Waals surface area contributed by atoms with Crippen molar-refractivity contribution < 1.29 is 4.79 Å². The number of hydrogen-bond acceptors (Lipinski definition) is 2. The first-order valence-electron chi connectivity index (χ1n) is 8.06. The number of hydrazine groups is 1. The van der Waals surface area contributed by atoms with Gasteiger partial charge in [-0.1, -0.05) is 29.3 Å². The average Bonchev–Trinajstić information content (AvgIpc) is 2.43. The van der Waals surface area contributed by atoms with Crippen LogP contribution in [-0.4, -0.2) is 11.4 Å². The molecule has 0 unspecified atom stereocenters. The lowest BCUT2D eigenvalue weighted by Crippen LogP contribution is -2.62. The van der Waals surface area contributed by atoms with Gasteiger partial charge < -0.3 is 0 Å². The van der Waals surface area contributed by atoms with E-state index < -0.39 is 0 Å². The summed E-state index contributed by atoms with van der Waals surface area (Å²) in [6.07, 6.45) is 7.67. The van der Waals surface area contributed by atoms with Gasteiger partial charge in [-0.05, 0) is 68.4 Å². The molecule has 0 saturated heterocycles. The molecule has 1 amide bonds. The summed E-state index contributed by atoms with van der Waals surface area (Å²) < 4.78 is 0. The Morgan fingerprint density at radius 3 is 2.00 bits per heavy atom. The molecule has 1 aromatic carbocycles. The molecule has 118 valence electrons. The predicted molar refractivity (Wildman–Crippen MR) is 88.0 cm³/mol. The summed E-state index contributed by atoms with van der Waals surface area (Å²) in [5, 5.41) is 0.773. The summed E-state index contributed by atoms with van der Waals surface area (Å²) in [7, 11) is 0. The zero-order valence-corrected chi connectivity index (χ0v) is 13.9. The number of rotatable bonds is 3. The van der Waals surface area contributed by atoms with Crippen molar-refractivity contribution in [3.8, 4) is 0 Å². The fourth-order valence-corrected chi connectivity index (χ4v) is 5.80. The van der Waals surface area contributed by atoms with Crippen molar-refractivity contribution in [1.29, 1.82) is 0 Å². The van der Waals surface area contributed by atoms with Crippen LogP contribution in [0.5, 0.6) is 0 Å². The molecule has 1 aromatic rings. The van der Waals surface area contributed by atoms with Gasteiger partial charge in [0.25, 0.3) is 5.91 Å². The lowest BCUT2D eigenvalue weighted by Gasteiger charge is -2.56. The first-order chi connectivity index (χ1) is 10.5. The van der Waals surface area contributed by atoms with Crippen molar-refractivity contribution >= 4 is 29.1 Å². The Balaban J connectivity index is 1.48. The molecule has 0 atom stereocenters. The Bertz CT molecular complexity index is 561. The van der Waals surface area contributed by atoms with Crippen molar-refractivity contribution in [2.75, 3.05) is 0 Å². The summed E-state index contributed by atoms with van der Waals surface area (Å²) in [5.41, 5.74) is 6.67. The number of carbonyl (C=O) groups excluding carboxylic acids is 1. The molecule has 4 fully saturated rings. The SMILES string of the molecule is O=C(NNC12CC3CC(CC(C3)C1)C2)c1c(Cl)cccc1Cl. The summed E-state index contributed by atoms with van der Waals surface area (Å²) >= 11 is 12.2. The van der Waals surface area contributed by atoms with Crippen LogP contribution in [0.25, 0.3) is 0 Å². The van der Waals surface area contributed by atoms with Crippen molar-refractivity contribution in [1.82, 2.24) is 10.9 Å². The molecule has 3 nitrogen and oxygen atoms in total. The van der Waals surface area contributed by atoms with Crippen molar-refractivity contribution in [2.24, 2.45) is 17.8 Å². The minimum Gasteiger partial charge on any atom is -0.287 e. The second-order valence-corrected chi connectivity index (χ2v) is 8.19. The van der Waals surface area contributed by atoms with Crippen LogP contribution in [0, 0.1) is 17.8 Å². The number of nitrogens with one attached hydrogen (secondary N) is 2. The van der Waals surface area contributed by atoms with Crippen LogP contribution < -0.4 is 10.9 Å². The molecule has 0 heterocycles. The molecular weight excluding hydrogens is 319 g/mol. The van der Waals surface area contributed by atoms with Crippen molar-refractivity contribution in [3.05, 3.63) is 33.8 Å². The number of amides is 1. The Hall–Kier alpha value is -0.770. The maximum Gasteiger partial charge on any atom is 0.268 e. The Labute approximate surface area is 140 Å². The normalized spacial score (nSPS) is 35.6. The summed E-state index contributed by atoms with van der Waals surface area (Å²) in [6.45, 7) is 0. The third kappa shape index (κ3) is 2.53. The van der Waals surface area contributed by atoms with E-state index in [1.165, 1.54) is 38.5 Å². The average molecular weight is 339 g/mol. The molecular formula is C17H20Cl2N2O. The molecule has 22 heavy (non-hydrogen) atoms. The van der Waals surface area contributed by atoms with Gasteiger partial charge in [0.15, 0.2) is 0 Å². The van der Waals surface area contributed by atoms with Crippen molar-refractivity contribution in [2.45, 2.75) is 44.1 Å². The van der Waals surface area contributed by atoms with Gasteiger partial charge in [0.2, 0.25) is 0 Å². The van der Waals surface area contributed by atoms with Crippen LogP contribution in [0.4, 0.5) is 0 Å². The van der Waals surface area contributed by atoms with Crippen LogP contribution >= 0.6 is 23.2 Å². The van der Waals surface area contributed by atoms with Crippen LogP contribution in [0.3, 0.4) is 0 Å². The largest absolute Gasteiger partial charge is 0.287 e. The zero-order chi connectivity index (χ0) is 15.3. The lowest BCUT2D eigenvalue weighted by molar-refractivity contribution is -0.0257. The Morgan fingerprint density at radius 2 is 1.50 bits per heavy atom. The van der Waals surface area contributed by atoms with Crippen LogP contribution in [0.15, 0.2) is 18.2 Å². The van der Waals surface area contributed by atoms with E-state index in [9.17, 15) is 4.79 Å². The van der Waals surface area contributed by atoms with E-state index in [0.717, 1.165) is 17.8 Å². The smallest absolute Gasteiger partial charge is 0.268 e. The van der Waals surface area contributed by atoms with Gasteiger partial charge in [-0.3, -0.25) is 10.2 Å². The lowest BCUT2D eigenvalue weighted by atomic mass is 9.53. The first-order valence-corrected chi connectivity index (χ1v) is 8.82. The third-order valence-corrected chi connectivity index (χ3v) is 6.30. The summed E-state index contributed by atoms with van der Waals surface area (Å²) in [4.78, 5) is 12.4. The molecule has 4 bridgehead atoms. The minimum absolute atomic E-state index is 0.0815. The topological polar surface area (TPSA) is 41.1 Å². The predicted octanol–water partition coefficient (Wildman–Crippen LogP) is 4.20. The molecule has 5 rings (SSSR count). The second kappa shape index (κ2) is 5.40. The van der Waals surface area contributed by atoms with Gasteiger partial charge in [0.1, 0.15) is 0 Å². The van der Waals surface area contributed by atoms with E-state index in [0.29, 0.717) is 15.6 Å². The molecule has 0 aromatic heterocycles. The highest BCUT2D eigenvalue weighted by Crippen LogP contribution is 2.55. The monoisotopic (exact) mass is 338 g/mol. The van der Waals surface area contributed by atoms with Gasteiger partial charge >= 0.3 is 0 Å². The molecule has 4 aliphatic carbocycles. The molecule has 0 radical (unpaired) electrons. The maximum atomic E-state index is 12.4.